The first-order valence-corrected chi connectivity index (χ1v) is 2.74. The van der Waals surface area contributed by atoms with E-state index in [4.69, 9.17) is 10.2 Å². The van der Waals surface area contributed by atoms with Crippen LogP contribution in [0.5, 0.6) is 0 Å². The summed E-state index contributed by atoms with van der Waals surface area (Å²) < 4.78 is 0. The van der Waals surface area contributed by atoms with Crippen LogP contribution in [0.15, 0.2) is 0 Å². The minimum absolute atomic E-state index is 0.0999. The number of aliphatic hydroxyl groups is 2. The minimum Gasteiger partial charge on any atom is -0.396 e. The summed E-state index contributed by atoms with van der Waals surface area (Å²) in [5, 5.41) is 19.2. The molecular formula is C5H11NO3. The topological polar surface area (TPSA) is 69.6 Å². The van der Waals surface area contributed by atoms with Gasteiger partial charge in [0.1, 0.15) is 0 Å². The number of hydrogen-bond acceptors (Lipinski definition) is 3. The zero-order chi connectivity index (χ0) is 7.11. The average molecular weight is 133 g/mol. The summed E-state index contributed by atoms with van der Waals surface area (Å²) in [5.74, 6) is -0.227. The van der Waals surface area contributed by atoms with Gasteiger partial charge in [0.05, 0.1) is 0 Å². The van der Waals surface area contributed by atoms with E-state index in [2.05, 4.69) is 5.32 Å². The van der Waals surface area contributed by atoms with Crippen molar-refractivity contribution in [2.24, 2.45) is 5.92 Å². The van der Waals surface area contributed by atoms with E-state index in [0.29, 0.717) is 13.0 Å². The lowest BCUT2D eigenvalue weighted by Crippen LogP contribution is -2.26. The van der Waals surface area contributed by atoms with E-state index in [1.54, 1.807) is 0 Å². The molecule has 1 amide bonds. The van der Waals surface area contributed by atoms with Crippen LogP contribution in [-0.2, 0) is 4.79 Å². The molecule has 0 saturated heterocycles. The first-order valence-electron chi connectivity index (χ1n) is 2.74. The Bertz CT molecular complexity index is 72.6. The molecule has 0 aromatic carbocycles. The van der Waals surface area contributed by atoms with Gasteiger partial charge in [0.15, 0.2) is 0 Å². The molecule has 0 aromatic heterocycles. The largest absolute Gasteiger partial charge is 0.396 e. The van der Waals surface area contributed by atoms with Gasteiger partial charge in [0, 0.05) is 25.7 Å². The van der Waals surface area contributed by atoms with Gasteiger partial charge in [0.2, 0.25) is 6.41 Å². The normalized spacial score (nSPS) is 9.67. The van der Waals surface area contributed by atoms with Gasteiger partial charge in [-0.25, -0.2) is 0 Å². The molecule has 0 aliphatic rings. The summed E-state index contributed by atoms with van der Waals surface area (Å²) in [7, 11) is 0. The summed E-state index contributed by atoms with van der Waals surface area (Å²) in [6.45, 7) is 0.130. The van der Waals surface area contributed by atoms with E-state index in [9.17, 15) is 4.79 Å². The molecule has 54 valence electrons. The Kier molecular flexibility index (Phi) is 5.15. The molecule has 0 unspecified atom stereocenters. The maximum Gasteiger partial charge on any atom is 0.207 e. The third-order valence-corrected chi connectivity index (χ3v) is 1.01. The van der Waals surface area contributed by atoms with E-state index in [1.165, 1.54) is 0 Å². The number of nitrogens with one attached hydrogen (secondary N) is 1. The molecule has 0 bridgehead atoms. The highest BCUT2D eigenvalue weighted by molar-refractivity contribution is 5.45. The predicted octanol–water partition coefficient (Wildman–Crippen LogP) is -1.67. The van der Waals surface area contributed by atoms with Gasteiger partial charge in [-0.3, -0.25) is 4.79 Å². The number of amides is 1. The van der Waals surface area contributed by atoms with Crippen molar-refractivity contribution in [3.05, 3.63) is 0 Å². The second-order valence-corrected chi connectivity index (χ2v) is 1.76. The van der Waals surface area contributed by atoms with Crippen molar-refractivity contribution in [1.29, 1.82) is 0 Å². The second-order valence-electron chi connectivity index (χ2n) is 1.76. The predicted molar refractivity (Wildman–Crippen MR) is 31.7 cm³/mol. The zero-order valence-electron chi connectivity index (χ0n) is 5.08. The molecular weight excluding hydrogens is 122 g/mol. The van der Waals surface area contributed by atoms with Gasteiger partial charge < -0.3 is 15.5 Å². The van der Waals surface area contributed by atoms with Crippen molar-refractivity contribution in [2.45, 2.75) is 0 Å². The van der Waals surface area contributed by atoms with Gasteiger partial charge >= 0.3 is 0 Å². The van der Waals surface area contributed by atoms with Crippen molar-refractivity contribution < 1.29 is 15.0 Å². The number of hydrogen-bond donors (Lipinski definition) is 3. The van der Waals surface area contributed by atoms with Gasteiger partial charge in [-0.1, -0.05) is 0 Å². The molecule has 0 heterocycles. The van der Waals surface area contributed by atoms with Crippen LogP contribution < -0.4 is 5.32 Å². The molecule has 9 heavy (non-hydrogen) atoms. The van der Waals surface area contributed by atoms with Crippen molar-refractivity contribution in [1.82, 2.24) is 5.32 Å². The first-order chi connectivity index (χ1) is 4.35. The van der Waals surface area contributed by atoms with Crippen LogP contribution in [0.1, 0.15) is 0 Å². The zero-order valence-corrected chi connectivity index (χ0v) is 5.08. The van der Waals surface area contributed by atoms with Crippen molar-refractivity contribution in [3.63, 3.8) is 0 Å². The number of aliphatic hydroxyl groups excluding tert-OH is 2. The van der Waals surface area contributed by atoms with Crippen LogP contribution in [0.4, 0.5) is 0 Å². The number of carbonyl (C=O) groups is 1. The molecule has 0 aromatic rings. The summed E-state index contributed by atoms with van der Waals surface area (Å²) >= 11 is 0. The van der Waals surface area contributed by atoms with Crippen molar-refractivity contribution in [3.8, 4) is 0 Å². The Morgan fingerprint density at radius 2 is 2.00 bits per heavy atom. The summed E-state index contributed by atoms with van der Waals surface area (Å²) in [4.78, 5) is 9.67. The summed E-state index contributed by atoms with van der Waals surface area (Å²) in [6, 6.07) is 0. The quantitative estimate of drug-likeness (QED) is 0.393. The molecule has 0 radical (unpaired) electrons. The smallest absolute Gasteiger partial charge is 0.207 e. The third-order valence-electron chi connectivity index (χ3n) is 1.01. The average Bonchev–Trinajstić information content (AvgIpc) is 1.91. The summed E-state index contributed by atoms with van der Waals surface area (Å²) in [6.07, 6.45) is 0.540. The van der Waals surface area contributed by atoms with Crippen LogP contribution in [0.3, 0.4) is 0 Å². The molecule has 4 heteroatoms. The third kappa shape index (κ3) is 3.93. The fourth-order valence-electron chi connectivity index (χ4n) is 0.402. The van der Waals surface area contributed by atoms with E-state index in [0.717, 1.165) is 0 Å². The molecule has 0 aliphatic carbocycles. The Morgan fingerprint density at radius 3 is 2.33 bits per heavy atom. The Labute approximate surface area is 53.5 Å². The highest BCUT2D eigenvalue weighted by Crippen LogP contribution is 1.87. The number of rotatable bonds is 5. The Morgan fingerprint density at radius 1 is 1.44 bits per heavy atom. The standard InChI is InChI=1S/C5H11NO3/c7-2-5(3-8)1-6-4-9/h4-5,7-8H,1-3H2,(H,6,9). The fraction of sp³-hybridized carbons (Fsp3) is 0.800. The molecule has 3 N–H and O–H groups in total. The van der Waals surface area contributed by atoms with E-state index >= 15 is 0 Å². The lowest BCUT2D eigenvalue weighted by molar-refractivity contribution is -0.109. The molecule has 0 atom stereocenters. The highest BCUT2D eigenvalue weighted by atomic mass is 16.3. The van der Waals surface area contributed by atoms with Crippen LogP contribution in [0, 0.1) is 5.92 Å². The van der Waals surface area contributed by atoms with Crippen LogP contribution in [0.25, 0.3) is 0 Å². The number of carbonyl (C=O) groups excluding carboxylic acids is 1. The SMILES string of the molecule is O=CNCC(CO)CO. The van der Waals surface area contributed by atoms with Gasteiger partial charge in [-0.15, -0.1) is 0 Å². The first kappa shape index (κ1) is 8.39. The molecule has 0 spiro atoms. The van der Waals surface area contributed by atoms with Gasteiger partial charge in [-0.05, 0) is 0 Å². The molecule has 0 saturated carbocycles. The van der Waals surface area contributed by atoms with Gasteiger partial charge in [0.25, 0.3) is 0 Å². The van der Waals surface area contributed by atoms with Crippen molar-refractivity contribution >= 4 is 6.41 Å². The second kappa shape index (κ2) is 5.53. The minimum atomic E-state index is -0.227. The van der Waals surface area contributed by atoms with E-state index in [1.807, 2.05) is 0 Å². The maximum absolute atomic E-state index is 9.67. The van der Waals surface area contributed by atoms with Crippen LogP contribution >= 0.6 is 0 Å². The summed E-state index contributed by atoms with van der Waals surface area (Å²) in [5.41, 5.74) is 0. The van der Waals surface area contributed by atoms with Crippen molar-refractivity contribution in [2.75, 3.05) is 19.8 Å². The van der Waals surface area contributed by atoms with Crippen LogP contribution in [0.2, 0.25) is 0 Å². The molecule has 4 nitrogen and oxygen atoms in total. The Hall–Kier alpha value is -0.610. The highest BCUT2D eigenvalue weighted by Gasteiger charge is 2.02. The van der Waals surface area contributed by atoms with E-state index in [-0.39, 0.29) is 19.1 Å². The monoisotopic (exact) mass is 133 g/mol. The fourth-order valence-corrected chi connectivity index (χ4v) is 0.402. The van der Waals surface area contributed by atoms with Gasteiger partial charge in [-0.2, -0.15) is 0 Å². The van der Waals surface area contributed by atoms with Crippen LogP contribution in [-0.4, -0.2) is 36.4 Å². The lowest BCUT2D eigenvalue weighted by Gasteiger charge is -2.07. The van der Waals surface area contributed by atoms with E-state index < -0.39 is 0 Å². The molecule has 0 fully saturated rings. The lowest BCUT2D eigenvalue weighted by atomic mass is 10.2. The molecule has 0 aliphatic heterocycles. The maximum atomic E-state index is 9.67. The molecule has 0 rings (SSSR count). The Balaban J connectivity index is 3.19.